The number of ketones is 1. The second kappa shape index (κ2) is 7.97. The van der Waals surface area contributed by atoms with Crippen LogP contribution < -0.4 is 0 Å². The summed E-state index contributed by atoms with van der Waals surface area (Å²) in [5, 5.41) is 9.30. The number of aliphatic hydroxyl groups is 1. The van der Waals surface area contributed by atoms with E-state index in [0.717, 1.165) is 37.2 Å². The standard InChI is InChI=1S/C30H46O2/c1-20(19-31)9-8-10-21(2)22-13-17-30(7)24-11-12-25-27(3,4)26(32)15-16-28(25,5)23(24)14-18-29(22,30)6/h9,11,14,21-22,25,31H,8,10,12-13,15-19H2,1-7H3/b20-9+. The summed E-state index contributed by atoms with van der Waals surface area (Å²) in [7, 11) is 0. The van der Waals surface area contributed by atoms with Gasteiger partial charge in [0.25, 0.3) is 0 Å². The highest BCUT2D eigenvalue weighted by Gasteiger charge is 2.63. The first-order valence-electron chi connectivity index (χ1n) is 13.1. The van der Waals surface area contributed by atoms with Gasteiger partial charge in [-0.2, -0.15) is 0 Å². The highest BCUT2D eigenvalue weighted by atomic mass is 16.3. The maximum absolute atomic E-state index is 12.8. The van der Waals surface area contributed by atoms with Crippen molar-refractivity contribution in [3.63, 3.8) is 0 Å². The molecule has 2 nitrogen and oxygen atoms in total. The maximum atomic E-state index is 12.8. The van der Waals surface area contributed by atoms with Crippen molar-refractivity contribution in [2.24, 2.45) is 39.4 Å². The summed E-state index contributed by atoms with van der Waals surface area (Å²) in [5.74, 6) is 2.32. The molecule has 4 aliphatic carbocycles. The van der Waals surface area contributed by atoms with Crippen LogP contribution in [0.15, 0.2) is 34.9 Å². The lowest BCUT2D eigenvalue weighted by molar-refractivity contribution is -0.138. The normalized spacial score (nSPS) is 41.9. The Morgan fingerprint density at radius 1 is 1.16 bits per heavy atom. The van der Waals surface area contributed by atoms with Crippen molar-refractivity contribution in [2.45, 2.75) is 99.8 Å². The molecule has 0 aliphatic heterocycles. The van der Waals surface area contributed by atoms with Crippen LogP contribution in [-0.4, -0.2) is 17.5 Å². The molecule has 1 N–H and O–H groups in total. The van der Waals surface area contributed by atoms with E-state index in [1.165, 1.54) is 25.7 Å². The number of hydrogen-bond donors (Lipinski definition) is 1. The molecule has 6 unspecified atom stereocenters. The topological polar surface area (TPSA) is 37.3 Å². The molecule has 0 aromatic carbocycles. The molecule has 4 rings (SSSR count). The third-order valence-corrected chi connectivity index (χ3v) is 11.1. The fourth-order valence-corrected chi connectivity index (χ4v) is 8.62. The predicted molar refractivity (Wildman–Crippen MR) is 133 cm³/mol. The summed E-state index contributed by atoms with van der Waals surface area (Å²) < 4.78 is 0. The molecule has 0 heterocycles. The first-order valence-corrected chi connectivity index (χ1v) is 13.1. The van der Waals surface area contributed by atoms with Crippen molar-refractivity contribution in [3.8, 4) is 0 Å². The van der Waals surface area contributed by atoms with E-state index in [-0.39, 0.29) is 22.9 Å². The number of fused-ring (bicyclic) bond motifs is 5. The summed E-state index contributed by atoms with van der Waals surface area (Å²) in [5.41, 5.74) is 4.80. The number of carbonyl (C=O) groups excluding carboxylic acids is 1. The zero-order chi connectivity index (χ0) is 23.5. The van der Waals surface area contributed by atoms with Crippen LogP contribution in [0.5, 0.6) is 0 Å². The van der Waals surface area contributed by atoms with Gasteiger partial charge in [-0.15, -0.1) is 0 Å². The minimum Gasteiger partial charge on any atom is -0.392 e. The monoisotopic (exact) mass is 438 g/mol. The fourth-order valence-electron chi connectivity index (χ4n) is 8.62. The molecule has 0 aromatic rings. The minimum absolute atomic E-state index is 0.141. The predicted octanol–water partition coefficient (Wildman–Crippen LogP) is 7.44. The SMILES string of the molecule is C/C(=C\CCC(C)C1CCC2(C)C3=CCC4C(C)(C)C(=O)CCC4(C)C3=CCC12C)CO. The first-order chi connectivity index (χ1) is 14.9. The highest BCUT2D eigenvalue weighted by Crippen LogP contribution is 2.71. The molecule has 0 amide bonds. The van der Waals surface area contributed by atoms with Gasteiger partial charge < -0.3 is 5.11 Å². The van der Waals surface area contributed by atoms with Gasteiger partial charge in [-0.3, -0.25) is 4.79 Å². The van der Waals surface area contributed by atoms with E-state index < -0.39 is 0 Å². The quantitative estimate of drug-likeness (QED) is 0.453. The number of hydrogen-bond acceptors (Lipinski definition) is 2. The fraction of sp³-hybridized carbons (Fsp3) is 0.767. The first kappa shape index (κ1) is 24.0. The van der Waals surface area contributed by atoms with Crippen molar-refractivity contribution in [1.82, 2.24) is 0 Å². The molecular weight excluding hydrogens is 392 g/mol. The second-order valence-corrected chi connectivity index (χ2v) is 12.9. The van der Waals surface area contributed by atoms with Crippen molar-refractivity contribution in [1.29, 1.82) is 0 Å². The number of rotatable bonds is 5. The molecule has 32 heavy (non-hydrogen) atoms. The van der Waals surface area contributed by atoms with Crippen molar-refractivity contribution in [3.05, 3.63) is 34.9 Å². The lowest BCUT2D eigenvalue weighted by Crippen LogP contribution is -2.53. The van der Waals surface area contributed by atoms with Gasteiger partial charge in [0.2, 0.25) is 0 Å². The molecule has 2 heteroatoms. The van der Waals surface area contributed by atoms with E-state index in [1.54, 1.807) is 11.1 Å². The molecule has 4 aliphatic rings. The number of Topliss-reactive ketones (excluding diaryl/α,β-unsaturated/α-hetero) is 1. The Bertz CT molecular complexity index is 873. The number of carbonyl (C=O) groups is 1. The van der Waals surface area contributed by atoms with Crippen LogP contribution in [0.2, 0.25) is 0 Å². The van der Waals surface area contributed by atoms with Crippen LogP contribution in [-0.2, 0) is 4.79 Å². The Labute approximate surface area is 196 Å². The van der Waals surface area contributed by atoms with E-state index in [4.69, 9.17) is 0 Å². The van der Waals surface area contributed by atoms with Gasteiger partial charge in [0.15, 0.2) is 0 Å². The van der Waals surface area contributed by atoms with Gasteiger partial charge in [0, 0.05) is 11.8 Å². The van der Waals surface area contributed by atoms with Crippen LogP contribution >= 0.6 is 0 Å². The molecule has 178 valence electrons. The van der Waals surface area contributed by atoms with Crippen molar-refractivity contribution < 1.29 is 9.90 Å². The van der Waals surface area contributed by atoms with E-state index in [1.807, 2.05) is 6.92 Å². The van der Waals surface area contributed by atoms with Crippen molar-refractivity contribution >= 4 is 5.78 Å². The average molecular weight is 439 g/mol. The van der Waals surface area contributed by atoms with E-state index in [2.05, 4.69) is 59.8 Å². The molecule has 0 bridgehead atoms. The summed E-state index contributed by atoms with van der Waals surface area (Å²) in [6.45, 7) is 16.7. The van der Waals surface area contributed by atoms with Gasteiger partial charge in [-0.05, 0) is 97.0 Å². The third kappa shape index (κ3) is 3.26. The van der Waals surface area contributed by atoms with Gasteiger partial charge >= 0.3 is 0 Å². The Morgan fingerprint density at radius 3 is 2.56 bits per heavy atom. The molecule has 0 radical (unpaired) electrons. The Kier molecular flexibility index (Phi) is 5.97. The van der Waals surface area contributed by atoms with Gasteiger partial charge in [0.1, 0.15) is 5.78 Å². The summed E-state index contributed by atoms with van der Waals surface area (Å²) in [6.07, 6.45) is 16.3. The Hall–Kier alpha value is -1.15. The van der Waals surface area contributed by atoms with Crippen molar-refractivity contribution in [2.75, 3.05) is 6.61 Å². The average Bonchev–Trinajstić information content (AvgIpc) is 3.02. The summed E-state index contributed by atoms with van der Waals surface area (Å²) >= 11 is 0. The molecule has 0 aromatic heterocycles. The molecule has 6 atom stereocenters. The lowest BCUT2D eigenvalue weighted by atomic mass is 9.44. The minimum atomic E-state index is -0.218. The van der Waals surface area contributed by atoms with Gasteiger partial charge in [-0.1, -0.05) is 65.3 Å². The third-order valence-electron chi connectivity index (χ3n) is 11.1. The maximum Gasteiger partial charge on any atom is 0.138 e. The van der Waals surface area contributed by atoms with Gasteiger partial charge in [0.05, 0.1) is 6.61 Å². The Balaban J connectivity index is 1.63. The Morgan fingerprint density at radius 2 is 1.88 bits per heavy atom. The van der Waals surface area contributed by atoms with E-state index in [0.29, 0.717) is 23.0 Å². The van der Waals surface area contributed by atoms with E-state index >= 15 is 0 Å². The van der Waals surface area contributed by atoms with Crippen LogP contribution in [0, 0.1) is 39.4 Å². The van der Waals surface area contributed by atoms with E-state index in [9.17, 15) is 9.90 Å². The number of allylic oxidation sites excluding steroid dienone is 5. The highest BCUT2D eigenvalue weighted by molar-refractivity contribution is 5.86. The largest absolute Gasteiger partial charge is 0.392 e. The molecule has 0 spiro atoms. The zero-order valence-corrected chi connectivity index (χ0v) is 21.7. The lowest BCUT2D eigenvalue weighted by Gasteiger charge is -2.59. The van der Waals surface area contributed by atoms with Gasteiger partial charge in [-0.25, -0.2) is 0 Å². The van der Waals surface area contributed by atoms with Crippen LogP contribution in [0.3, 0.4) is 0 Å². The summed E-state index contributed by atoms with van der Waals surface area (Å²) in [6, 6.07) is 0. The molecule has 2 fully saturated rings. The van der Waals surface area contributed by atoms with Crippen LogP contribution in [0.4, 0.5) is 0 Å². The second-order valence-electron chi connectivity index (χ2n) is 12.9. The number of aliphatic hydroxyl groups excluding tert-OH is 1. The zero-order valence-electron chi connectivity index (χ0n) is 21.7. The van der Waals surface area contributed by atoms with Crippen LogP contribution in [0.25, 0.3) is 0 Å². The smallest absolute Gasteiger partial charge is 0.138 e. The summed E-state index contributed by atoms with van der Waals surface area (Å²) in [4.78, 5) is 12.8. The molecule has 2 saturated carbocycles. The van der Waals surface area contributed by atoms with Crippen LogP contribution in [0.1, 0.15) is 99.8 Å². The molecular formula is C30H46O2. The molecule has 0 saturated heterocycles.